The summed E-state index contributed by atoms with van der Waals surface area (Å²) in [5, 5.41) is 8.28. The van der Waals surface area contributed by atoms with Gasteiger partial charge in [-0.15, -0.1) is 10.2 Å². The predicted octanol–water partition coefficient (Wildman–Crippen LogP) is 1.98. The fraction of sp³-hybridized carbons (Fsp3) is 0.438. The molecule has 116 valence electrons. The topological polar surface area (TPSA) is 77.2 Å². The highest BCUT2D eigenvalue weighted by molar-refractivity contribution is 5.72. The van der Waals surface area contributed by atoms with E-state index in [-0.39, 0.29) is 5.95 Å². The lowest BCUT2D eigenvalue weighted by Crippen LogP contribution is -2.38. The van der Waals surface area contributed by atoms with Gasteiger partial charge in [-0.3, -0.25) is 0 Å². The first-order valence-corrected chi connectivity index (χ1v) is 7.57. The van der Waals surface area contributed by atoms with Gasteiger partial charge in [-0.05, 0) is 18.8 Å². The van der Waals surface area contributed by atoms with E-state index in [0.717, 1.165) is 43.2 Å². The largest absolute Gasteiger partial charge is 0.384 e. The lowest BCUT2D eigenvalue weighted by atomic mass is 9.98. The molecule has 1 fully saturated rings. The molecule has 0 bridgehead atoms. The lowest BCUT2D eigenvalue weighted by Gasteiger charge is -2.33. The molecule has 1 aromatic heterocycles. The van der Waals surface area contributed by atoms with E-state index in [2.05, 4.69) is 20.1 Å². The van der Waals surface area contributed by atoms with Gasteiger partial charge in [0.25, 0.3) is 0 Å². The summed E-state index contributed by atoms with van der Waals surface area (Å²) in [6, 6.07) is 9.99. The minimum absolute atomic E-state index is 0.202. The van der Waals surface area contributed by atoms with Crippen LogP contribution in [0.5, 0.6) is 0 Å². The van der Waals surface area contributed by atoms with Gasteiger partial charge in [0, 0.05) is 25.8 Å². The van der Waals surface area contributed by atoms with Crippen molar-refractivity contribution >= 4 is 11.8 Å². The summed E-state index contributed by atoms with van der Waals surface area (Å²) in [6.07, 6.45) is 2.30. The molecule has 0 spiro atoms. The average Bonchev–Trinajstić information content (AvgIpc) is 2.56. The van der Waals surface area contributed by atoms with Gasteiger partial charge in [0.05, 0.1) is 6.61 Å². The minimum atomic E-state index is 0.202. The summed E-state index contributed by atoms with van der Waals surface area (Å²) < 4.78 is 5.30. The number of piperidine rings is 1. The van der Waals surface area contributed by atoms with Crippen LogP contribution in [0.25, 0.3) is 11.3 Å². The van der Waals surface area contributed by atoms with Crippen molar-refractivity contribution in [3.8, 4) is 11.3 Å². The number of methoxy groups -OCH3 is 1. The second kappa shape index (κ2) is 6.70. The van der Waals surface area contributed by atoms with Crippen molar-refractivity contribution in [1.29, 1.82) is 0 Å². The van der Waals surface area contributed by atoms with E-state index in [1.165, 1.54) is 6.42 Å². The molecule has 6 heteroatoms. The monoisotopic (exact) mass is 299 g/mol. The predicted molar refractivity (Wildman–Crippen MR) is 86.5 cm³/mol. The van der Waals surface area contributed by atoms with Gasteiger partial charge in [0.15, 0.2) is 5.82 Å². The van der Waals surface area contributed by atoms with Gasteiger partial charge in [0.1, 0.15) is 5.69 Å². The molecule has 1 aliphatic rings. The summed E-state index contributed by atoms with van der Waals surface area (Å²) in [5.41, 5.74) is 7.55. The van der Waals surface area contributed by atoms with Crippen LogP contribution in [0.4, 0.5) is 11.8 Å². The van der Waals surface area contributed by atoms with Crippen molar-refractivity contribution in [3.05, 3.63) is 30.3 Å². The van der Waals surface area contributed by atoms with Crippen LogP contribution in [0, 0.1) is 5.92 Å². The quantitative estimate of drug-likeness (QED) is 0.930. The molecule has 0 radical (unpaired) electrons. The van der Waals surface area contributed by atoms with Gasteiger partial charge in [-0.2, -0.15) is 0 Å². The molecule has 1 unspecified atom stereocenters. The molecular formula is C16H21N5O. The Morgan fingerprint density at radius 3 is 2.86 bits per heavy atom. The second-order valence-electron chi connectivity index (χ2n) is 5.62. The van der Waals surface area contributed by atoms with Crippen LogP contribution in [-0.4, -0.2) is 42.0 Å². The van der Waals surface area contributed by atoms with Crippen LogP contribution in [0.1, 0.15) is 12.8 Å². The molecule has 0 saturated carbocycles. The third-order valence-electron chi connectivity index (χ3n) is 3.95. The first kappa shape index (κ1) is 14.7. The van der Waals surface area contributed by atoms with E-state index in [1.54, 1.807) is 7.11 Å². The van der Waals surface area contributed by atoms with E-state index >= 15 is 0 Å². The minimum Gasteiger partial charge on any atom is -0.384 e. The van der Waals surface area contributed by atoms with Gasteiger partial charge < -0.3 is 15.4 Å². The summed E-state index contributed by atoms with van der Waals surface area (Å²) in [4.78, 5) is 6.67. The normalized spacial score (nSPS) is 18.4. The highest BCUT2D eigenvalue weighted by atomic mass is 16.5. The first-order valence-electron chi connectivity index (χ1n) is 7.57. The van der Waals surface area contributed by atoms with E-state index < -0.39 is 0 Å². The number of anilines is 2. The maximum atomic E-state index is 5.75. The summed E-state index contributed by atoms with van der Waals surface area (Å²) in [5.74, 6) is 1.52. The number of nitrogen functional groups attached to an aromatic ring is 1. The van der Waals surface area contributed by atoms with Crippen molar-refractivity contribution < 1.29 is 4.74 Å². The Hall–Kier alpha value is -2.21. The molecule has 0 amide bonds. The zero-order chi connectivity index (χ0) is 15.4. The Labute approximate surface area is 130 Å². The van der Waals surface area contributed by atoms with Crippen molar-refractivity contribution in [2.45, 2.75) is 12.8 Å². The maximum absolute atomic E-state index is 5.75. The molecule has 2 aromatic rings. The van der Waals surface area contributed by atoms with Crippen LogP contribution < -0.4 is 10.6 Å². The van der Waals surface area contributed by atoms with Gasteiger partial charge in [-0.1, -0.05) is 30.3 Å². The zero-order valence-electron chi connectivity index (χ0n) is 12.8. The first-order chi connectivity index (χ1) is 10.8. The SMILES string of the molecule is COCC1CCCN(c2nnc(N)nc2-c2ccccc2)C1. The zero-order valence-corrected chi connectivity index (χ0v) is 12.8. The van der Waals surface area contributed by atoms with Crippen molar-refractivity contribution in [2.24, 2.45) is 5.92 Å². The van der Waals surface area contributed by atoms with Crippen LogP contribution in [0.15, 0.2) is 30.3 Å². The Morgan fingerprint density at radius 2 is 2.09 bits per heavy atom. The number of nitrogens with zero attached hydrogens (tertiary/aromatic N) is 4. The third kappa shape index (κ3) is 3.17. The van der Waals surface area contributed by atoms with E-state index in [1.807, 2.05) is 30.3 Å². The average molecular weight is 299 g/mol. The number of hydrogen-bond acceptors (Lipinski definition) is 6. The molecule has 22 heavy (non-hydrogen) atoms. The Bertz CT molecular complexity index is 617. The molecule has 1 aromatic carbocycles. The number of rotatable bonds is 4. The van der Waals surface area contributed by atoms with E-state index in [9.17, 15) is 0 Å². The number of ether oxygens (including phenoxy) is 1. The Kier molecular flexibility index (Phi) is 4.48. The highest BCUT2D eigenvalue weighted by Gasteiger charge is 2.24. The fourth-order valence-electron chi connectivity index (χ4n) is 2.96. The molecule has 2 heterocycles. The number of benzene rings is 1. The Balaban J connectivity index is 1.93. The molecule has 2 N–H and O–H groups in total. The molecular weight excluding hydrogens is 278 g/mol. The summed E-state index contributed by atoms with van der Waals surface area (Å²) in [6.45, 7) is 2.64. The summed E-state index contributed by atoms with van der Waals surface area (Å²) in [7, 11) is 1.75. The molecule has 1 saturated heterocycles. The van der Waals surface area contributed by atoms with Crippen molar-refractivity contribution in [2.75, 3.05) is 37.4 Å². The highest BCUT2D eigenvalue weighted by Crippen LogP contribution is 2.30. The molecule has 3 rings (SSSR count). The van der Waals surface area contributed by atoms with Crippen LogP contribution in [0.2, 0.25) is 0 Å². The molecule has 6 nitrogen and oxygen atoms in total. The standard InChI is InChI=1S/C16H21N5O/c1-22-11-12-6-5-9-21(10-12)15-14(18-16(17)20-19-15)13-7-3-2-4-8-13/h2-4,7-8,12H,5-6,9-11H2,1H3,(H2,17,18,20). The van der Waals surface area contributed by atoms with E-state index in [0.29, 0.717) is 5.92 Å². The number of aromatic nitrogens is 3. The Morgan fingerprint density at radius 1 is 1.27 bits per heavy atom. The smallest absolute Gasteiger partial charge is 0.240 e. The molecule has 0 aliphatic carbocycles. The van der Waals surface area contributed by atoms with Gasteiger partial charge in [-0.25, -0.2) is 4.98 Å². The fourth-order valence-corrected chi connectivity index (χ4v) is 2.96. The summed E-state index contributed by atoms with van der Waals surface area (Å²) >= 11 is 0. The molecule has 1 aliphatic heterocycles. The second-order valence-corrected chi connectivity index (χ2v) is 5.62. The van der Waals surface area contributed by atoms with Crippen LogP contribution in [-0.2, 0) is 4.74 Å². The van der Waals surface area contributed by atoms with Crippen molar-refractivity contribution in [1.82, 2.24) is 15.2 Å². The van der Waals surface area contributed by atoms with Crippen LogP contribution in [0.3, 0.4) is 0 Å². The third-order valence-corrected chi connectivity index (χ3v) is 3.95. The van der Waals surface area contributed by atoms with E-state index in [4.69, 9.17) is 10.5 Å². The number of hydrogen-bond donors (Lipinski definition) is 1. The lowest BCUT2D eigenvalue weighted by molar-refractivity contribution is 0.143. The van der Waals surface area contributed by atoms with Crippen LogP contribution >= 0.6 is 0 Å². The van der Waals surface area contributed by atoms with Gasteiger partial charge >= 0.3 is 0 Å². The van der Waals surface area contributed by atoms with Gasteiger partial charge in [0.2, 0.25) is 5.95 Å². The number of nitrogens with two attached hydrogens (primary N) is 1. The molecule has 1 atom stereocenters. The maximum Gasteiger partial charge on any atom is 0.240 e. The van der Waals surface area contributed by atoms with Crippen molar-refractivity contribution in [3.63, 3.8) is 0 Å².